The van der Waals surface area contributed by atoms with Gasteiger partial charge in [-0.2, -0.15) is 0 Å². The minimum atomic E-state index is -0.336. The molecule has 0 fully saturated rings. The highest BCUT2D eigenvalue weighted by atomic mass is 16.5. The Bertz CT molecular complexity index is 124. The van der Waals surface area contributed by atoms with E-state index in [1.807, 2.05) is 0 Å². The van der Waals surface area contributed by atoms with Crippen LogP contribution in [-0.4, -0.2) is 25.5 Å². The van der Waals surface area contributed by atoms with Gasteiger partial charge in [0.1, 0.15) is 6.10 Å². The molecule has 0 radical (unpaired) electrons. The van der Waals surface area contributed by atoms with Crippen molar-refractivity contribution in [2.45, 2.75) is 19.4 Å². The maximum absolute atomic E-state index is 10.6. The molecular weight excluding hydrogens is 134 g/mol. The molecule has 0 saturated heterocycles. The monoisotopic (exact) mass is 145 g/mol. The van der Waals surface area contributed by atoms with E-state index in [1.165, 1.54) is 7.05 Å². The van der Waals surface area contributed by atoms with Crippen molar-refractivity contribution in [2.24, 2.45) is 0 Å². The summed E-state index contributed by atoms with van der Waals surface area (Å²) in [4.78, 5) is 20.3. The fourth-order valence-electron chi connectivity index (χ4n) is 0.506. The predicted molar refractivity (Wildman–Crippen MR) is 35.3 cm³/mol. The van der Waals surface area contributed by atoms with Gasteiger partial charge in [0, 0.05) is 7.05 Å². The summed E-state index contributed by atoms with van der Waals surface area (Å²) in [6.07, 6.45) is -0.118. The molecule has 10 heavy (non-hydrogen) atoms. The Labute approximate surface area is 59.6 Å². The van der Waals surface area contributed by atoms with Gasteiger partial charge in [-0.05, 0) is 6.92 Å². The zero-order chi connectivity index (χ0) is 7.98. The van der Waals surface area contributed by atoms with Crippen molar-refractivity contribution in [2.75, 3.05) is 7.05 Å². The third-order valence-electron chi connectivity index (χ3n) is 1.04. The standard InChI is InChI=1S/C6H11NO3/c1-5(10-4-8)3-6(9)7-2/h4-5H,3H2,1-2H3,(H,7,9). The lowest BCUT2D eigenvalue weighted by Gasteiger charge is -2.06. The second-order valence-electron chi connectivity index (χ2n) is 1.92. The molecular formula is C6H11NO3. The number of nitrogens with one attached hydrogen (secondary N) is 1. The fraction of sp³-hybridized carbons (Fsp3) is 0.667. The molecule has 0 aliphatic heterocycles. The van der Waals surface area contributed by atoms with Crippen molar-refractivity contribution < 1.29 is 14.3 Å². The molecule has 0 spiro atoms. The molecule has 1 amide bonds. The van der Waals surface area contributed by atoms with Crippen LogP contribution in [0.1, 0.15) is 13.3 Å². The topological polar surface area (TPSA) is 55.4 Å². The average molecular weight is 145 g/mol. The highest BCUT2D eigenvalue weighted by Crippen LogP contribution is 1.93. The number of ether oxygens (including phenoxy) is 1. The average Bonchev–Trinajstić information content (AvgIpc) is 1.88. The fourth-order valence-corrected chi connectivity index (χ4v) is 0.506. The van der Waals surface area contributed by atoms with Crippen LogP contribution in [0.15, 0.2) is 0 Å². The highest BCUT2D eigenvalue weighted by molar-refractivity contribution is 5.76. The zero-order valence-corrected chi connectivity index (χ0v) is 6.09. The van der Waals surface area contributed by atoms with Crippen molar-refractivity contribution in [1.29, 1.82) is 0 Å². The molecule has 0 heterocycles. The van der Waals surface area contributed by atoms with Gasteiger partial charge in [0.2, 0.25) is 5.91 Å². The Morgan fingerprint density at radius 1 is 1.80 bits per heavy atom. The lowest BCUT2D eigenvalue weighted by atomic mass is 10.3. The van der Waals surface area contributed by atoms with Gasteiger partial charge in [0.05, 0.1) is 6.42 Å². The summed E-state index contributed by atoms with van der Waals surface area (Å²) in [5.74, 6) is -0.130. The number of carbonyl (C=O) groups excluding carboxylic acids is 2. The Balaban J connectivity index is 3.46. The Kier molecular flexibility index (Phi) is 4.28. The van der Waals surface area contributed by atoms with E-state index in [9.17, 15) is 9.59 Å². The van der Waals surface area contributed by atoms with E-state index >= 15 is 0 Å². The van der Waals surface area contributed by atoms with Crippen molar-refractivity contribution in [3.63, 3.8) is 0 Å². The van der Waals surface area contributed by atoms with E-state index in [2.05, 4.69) is 10.1 Å². The zero-order valence-electron chi connectivity index (χ0n) is 6.09. The summed E-state index contributed by atoms with van der Waals surface area (Å²) in [5.41, 5.74) is 0. The number of amides is 1. The number of rotatable bonds is 4. The van der Waals surface area contributed by atoms with Gasteiger partial charge in [0.25, 0.3) is 6.47 Å². The molecule has 0 aromatic carbocycles. The smallest absolute Gasteiger partial charge is 0.293 e. The van der Waals surface area contributed by atoms with E-state index in [0.29, 0.717) is 6.47 Å². The van der Waals surface area contributed by atoms with Gasteiger partial charge in [0.15, 0.2) is 0 Å². The van der Waals surface area contributed by atoms with Crippen molar-refractivity contribution in [3.05, 3.63) is 0 Å². The third-order valence-corrected chi connectivity index (χ3v) is 1.04. The summed E-state index contributed by atoms with van der Waals surface area (Å²) in [5, 5.41) is 2.42. The first-order valence-corrected chi connectivity index (χ1v) is 3.00. The van der Waals surface area contributed by atoms with Crippen LogP contribution >= 0.6 is 0 Å². The summed E-state index contributed by atoms with van der Waals surface area (Å²) in [6, 6.07) is 0. The molecule has 58 valence electrons. The number of hydrogen-bond acceptors (Lipinski definition) is 3. The van der Waals surface area contributed by atoms with Crippen LogP contribution in [0.4, 0.5) is 0 Å². The first-order valence-electron chi connectivity index (χ1n) is 3.00. The SMILES string of the molecule is CNC(=O)CC(C)OC=O. The van der Waals surface area contributed by atoms with Crippen LogP contribution in [0.2, 0.25) is 0 Å². The summed E-state index contributed by atoms with van der Waals surface area (Å²) in [6.45, 7) is 2.00. The first kappa shape index (κ1) is 8.94. The number of carbonyl (C=O) groups is 2. The Morgan fingerprint density at radius 3 is 2.80 bits per heavy atom. The van der Waals surface area contributed by atoms with Gasteiger partial charge in [-0.3, -0.25) is 9.59 Å². The lowest BCUT2D eigenvalue weighted by Crippen LogP contribution is -2.23. The molecule has 1 atom stereocenters. The van der Waals surface area contributed by atoms with Crippen molar-refractivity contribution in [1.82, 2.24) is 5.32 Å². The van der Waals surface area contributed by atoms with E-state index in [1.54, 1.807) is 6.92 Å². The molecule has 0 rings (SSSR count). The summed E-state index contributed by atoms with van der Waals surface area (Å²) < 4.78 is 4.47. The van der Waals surface area contributed by atoms with Gasteiger partial charge in [-0.25, -0.2) is 0 Å². The minimum absolute atomic E-state index is 0.130. The van der Waals surface area contributed by atoms with Gasteiger partial charge >= 0.3 is 0 Å². The Morgan fingerprint density at radius 2 is 2.40 bits per heavy atom. The second-order valence-corrected chi connectivity index (χ2v) is 1.92. The second kappa shape index (κ2) is 4.78. The van der Waals surface area contributed by atoms with Crippen molar-refractivity contribution >= 4 is 12.4 Å². The summed E-state index contributed by atoms with van der Waals surface area (Å²) in [7, 11) is 1.54. The van der Waals surface area contributed by atoms with Gasteiger partial charge in [-0.1, -0.05) is 0 Å². The molecule has 1 N–H and O–H groups in total. The molecule has 0 aliphatic carbocycles. The van der Waals surface area contributed by atoms with Gasteiger partial charge < -0.3 is 10.1 Å². The molecule has 0 aromatic heterocycles. The molecule has 0 aromatic rings. The van der Waals surface area contributed by atoms with Crippen LogP contribution in [0.3, 0.4) is 0 Å². The molecule has 4 nitrogen and oxygen atoms in total. The van der Waals surface area contributed by atoms with Crippen LogP contribution in [0, 0.1) is 0 Å². The van der Waals surface area contributed by atoms with Crippen LogP contribution in [0.5, 0.6) is 0 Å². The van der Waals surface area contributed by atoms with E-state index in [4.69, 9.17) is 0 Å². The van der Waals surface area contributed by atoms with Crippen molar-refractivity contribution in [3.8, 4) is 0 Å². The van der Waals surface area contributed by atoms with E-state index in [0.717, 1.165) is 0 Å². The van der Waals surface area contributed by atoms with E-state index < -0.39 is 0 Å². The van der Waals surface area contributed by atoms with Crippen LogP contribution < -0.4 is 5.32 Å². The lowest BCUT2D eigenvalue weighted by molar-refractivity contribution is -0.135. The molecule has 1 unspecified atom stereocenters. The molecule has 4 heteroatoms. The maximum atomic E-state index is 10.6. The normalized spacial score (nSPS) is 11.8. The highest BCUT2D eigenvalue weighted by Gasteiger charge is 2.06. The first-order chi connectivity index (χ1) is 4.70. The largest absolute Gasteiger partial charge is 0.464 e. The van der Waals surface area contributed by atoms with Crippen LogP contribution in [-0.2, 0) is 14.3 Å². The van der Waals surface area contributed by atoms with Gasteiger partial charge in [-0.15, -0.1) is 0 Å². The number of hydrogen-bond donors (Lipinski definition) is 1. The van der Waals surface area contributed by atoms with E-state index in [-0.39, 0.29) is 18.4 Å². The predicted octanol–water partition coefficient (Wildman–Crippen LogP) is -0.316. The quantitative estimate of drug-likeness (QED) is 0.552. The molecule has 0 saturated carbocycles. The third kappa shape index (κ3) is 3.88. The van der Waals surface area contributed by atoms with Crippen LogP contribution in [0.25, 0.3) is 0 Å². The Hall–Kier alpha value is -1.06. The summed E-state index contributed by atoms with van der Waals surface area (Å²) >= 11 is 0. The molecule has 0 bridgehead atoms. The minimum Gasteiger partial charge on any atom is -0.464 e. The maximum Gasteiger partial charge on any atom is 0.293 e. The molecule has 0 aliphatic rings.